The highest BCUT2D eigenvalue weighted by Gasteiger charge is 2.07. The standard InChI is InChI=1S/C21H19N3O3/c25-19(15-24-21(26)17-8-2-1-3-9-17)23-14-16-7-6-10-18(13-16)27-20-11-4-5-12-22-20/h1-13H,14-15H2,(H,23,25)(H,24,26). The van der Waals surface area contributed by atoms with E-state index in [0.29, 0.717) is 23.7 Å². The second-order valence-electron chi connectivity index (χ2n) is 5.74. The number of amides is 2. The van der Waals surface area contributed by atoms with Crippen LogP contribution < -0.4 is 15.4 Å². The largest absolute Gasteiger partial charge is 0.439 e. The third-order valence-electron chi connectivity index (χ3n) is 3.69. The Bertz CT molecular complexity index is 899. The molecule has 2 amide bonds. The highest BCUT2D eigenvalue weighted by atomic mass is 16.5. The van der Waals surface area contributed by atoms with Crippen LogP contribution in [0.1, 0.15) is 15.9 Å². The van der Waals surface area contributed by atoms with Gasteiger partial charge < -0.3 is 15.4 Å². The molecule has 0 saturated heterocycles. The Morgan fingerprint density at radius 3 is 2.48 bits per heavy atom. The van der Waals surface area contributed by atoms with Crippen molar-refractivity contribution in [3.63, 3.8) is 0 Å². The van der Waals surface area contributed by atoms with Crippen molar-refractivity contribution in [2.24, 2.45) is 0 Å². The van der Waals surface area contributed by atoms with Crippen LogP contribution in [-0.2, 0) is 11.3 Å². The van der Waals surface area contributed by atoms with E-state index in [4.69, 9.17) is 4.74 Å². The van der Waals surface area contributed by atoms with Crippen LogP contribution >= 0.6 is 0 Å². The zero-order chi connectivity index (χ0) is 18.9. The van der Waals surface area contributed by atoms with Gasteiger partial charge in [-0.15, -0.1) is 0 Å². The molecule has 0 bridgehead atoms. The lowest BCUT2D eigenvalue weighted by Crippen LogP contribution is -2.36. The fourth-order valence-electron chi connectivity index (χ4n) is 2.36. The molecule has 2 aromatic carbocycles. The first-order chi connectivity index (χ1) is 13.2. The third-order valence-corrected chi connectivity index (χ3v) is 3.69. The average Bonchev–Trinajstić information content (AvgIpc) is 2.72. The number of carbonyl (C=O) groups is 2. The third kappa shape index (κ3) is 5.67. The number of benzene rings is 2. The molecule has 0 aliphatic heterocycles. The molecule has 3 aromatic rings. The summed E-state index contributed by atoms with van der Waals surface area (Å²) in [5.41, 5.74) is 1.40. The van der Waals surface area contributed by atoms with Crippen LogP contribution in [0.3, 0.4) is 0 Å². The molecule has 1 aromatic heterocycles. The van der Waals surface area contributed by atoms with E-state index < -0.39 is 0 Å². The molecule has 0 saturated carbocycles. The fourth-order valence-corrected chi connectivity index (χ4v) is 2.36. The molecular weight excluding hydrogens is 342 g/mol. The normalized spacial score (nSPS) is 10.1. The summed E-state index contributed by atoms with van der Waals surface area (Å²) in [6.45, 7) is 0.247. The number of nitrogens with zero attached hydrogens (tertiary/aromatic N) is 1. The minimum Gasteiger partial charge on any atom is -0.439 e. The molecule has 6 nitrogen and oxygen atoms in total. The molecule has 0 atom stereocenters. The number of nitrogens with one attached hydrogen (secondary N) is 2. The van der Waals surface area contributed by atoms with E-state index in [2.05, 4.69) is 15.6 Å². The van der Waals surface area contributed by atoms with Crippen molar-refractivity contribution in [3.8, 4) is 11.6 Å². The Labute approximate surface area is 157 Å². The summed E-state index contributed by atoms with van der Waals surface area (Å²) < 4.78 is 5.67. The van der Waals surface area contributed by atoms with Crippen molar-refractivity contribution in [2.45, 2.75) is 6.54 Å². The zero-order valence-electron chi connectivity index (χ0n) is 14.6. The lowest BCUT2D eigenvalue weighted by molar-refractivity contribution is -0.120. The maximum atomic E-state index is 12.0. The Balaban J connectivity index is 1.47. The van der Waals surface area contributed by atoms with Crippen LogP contribution in [0.15, 0.2) is 79.0 Å². The van der Waals surface area contributed by atoms with Gasteiger partial charge in [-0.3, -0.25) is 9.59 Å². The number of hydrogen-bond donors (Lipinski definition) is 2. The van der Waals surface area contributed by atoms with Gasteiger partial charge in [0.15, 0.2) is 0 Å². The van der Waals surface area contributed by atoms with E-state index in [1.807, 2.05) is 42.5 Å². The Morgan fingerprint density at radius 2 is 1.70 bits per heavy atom. The predicted octanol–water partition coefficient (Wildman–Crippen LogP) is 2.92. The molecule has 0 fully saturated rings. The second kappa shape index (κ2) is 9.15. The van der Waals surface area contributed by atoms with Gasteiger partial charge in [0.1, 0.15) is 5.75 Å². The predicted molar refractivity (Wildman–Crippen MR) is 101 cm³/mol. The van der Waals surface area contributed by atoms with E-state index in [0.717, 1.165) is 5.56 Å². The summed E-state index contributed by atoms with van der Waals surface area (Å²) in [7, 11) is 0. The number of pyridine rings is 1. The maximum absolute atomic E-state index is 12.0. The lowest BCUT2D eigenvalue weighted by Gasteiger charge is -2.09. The summed E-state index contributed by atoms with van der Waals surface area (Å²) >= 11 is 0. The molecule has 0 radical (unpaired) electrons. The Kier molecular flexibility index (Phi) is 6.14. The van der Waals surface area contributed by atoms with E-state index >= 15 is 0 Å². The molecule has 6 heteroatoms. The van der Waals surface area contributed by atoms with Crippen molar-refractivity contribution in [2.75, 3.05) is 6.54 Å². The van der Waals surface area contributed by atoms with Gasteiger partial charge >= 0.3 is 0 Å². The first-order valence-corrected chi connectivity index (χ1v) is 8.48. The second-order valence-corrected chi connectivity index (χ2v) is 5.74. The van der Waals surface area contributed by atoms with Gasteiger partial charge in [-0.2, -0.15) is 0 Å². The fraction of sp³-hybridized carbons (Fsp3) is 0.0952. The van der Waals surface area contributed by atoms with E-state index in [-0.39, 0.29) is 18.4 Å². The SMILES string of the molecule is O=C(CNC(=O)c1ccccc1)NCc1cccc(Oc2ccccn2)c1. The minimum absolute atomic E-state index is 0.0855. The van der Waals surface area contributed by atoms with E-state index in [1.165, 1.54) is 0 Å². The first kappa shape index (κ1) is 18.1. The molecule has 3 rings (SSSR count). The van der Waals surface area contributed by atoms with Crippen LogP contribution in [-0.4, -0.2) is 23.3 Å². The molecule has 1 heterocycles. The van der Waals surface area contributed by atoms with Crippen LogP contribution in [0.5, 0.6) is 11.6 Å². The zero-order valence-corrected chi connectivity index (χ0v) is 14.6. The van der Waals surface area contributed by atoms with Crippen molar-refractivity contribution in [3.05, 3.63) is 90.1 Å². The van der Waals surface area contributed by atoms with Gasteiger partial charge in [0.2, 0.25) is 11.8 Å². The van der Waals surface area contributed by atoms with Gasteiger partial charge in [-0.1, -0.05) is 36.4 Å². The van der Waals surface area contributed by atoms with Gasteiger partial charge in [-0.25, -0.2) is 4.98 Å². The molecule has 0 spiro atoms. The first-order valence-electron chi connectivity index (χ1n) is 8.48. The van der Waals surface area contributed by atoms with Crippen LogP contribution in [0, 0.1) is 0 Å². The summed E-state index contributed by atoms with van der Waals surface area (Å²) in [5, 5.41) is 5.37. The van der Waals surface area contributed by atoms with E-state index in [9.17, 15) is 9.59 Å². The van der Waals surface area contributed by atoms with Gasteiger partial charge in [0.05, 0.1) is 6.54 Å². The highest BCUT2D eigenvalue weighted by Crippen LogP contribution is 2.19. The monoisotopic (exact) mass is 361 g/mol. The number of hydrogen-bond acceptors (Lipinski definition) is 4. The van der Waals surface area contributed by atoms with Gasteiger partial charge in [0, 0.05) is 24.4 Å². The Morgan fingerprint density at radius 1 is 0.889 bits per heavy atom. The average molecular weight is 361 g/mol. The van der Waals surface area contributed by atoms with Crippen LogP contribution in [0.25, 0.3) is 0 Å². The lowest BCUT2D eigenvalue weighted by atomic mass is 10.2. The number of rotatable bonds is 7. The molecule has 27 heavy (non-hydrogen) atoms. The summed E-state index contributed by atoms with van der Waals surface area (Å²) in [6.07, 6.45) is 1.66. The maximum Gasteiger partial charge on any atom is 0.251 e. The van der Waals surface area contributed by atoms with Gasteiger partial charge in [0.25, 0.3) is 5.91 Å². The number of aromatic nitrogens is 1. The summed E-state index contributed by atoms with van der Waals surface area (Å²) in [6, 6.07) is 21.6. The molecule has 0 aliphatic rings. The van der Waals surface area contributed by atoms with Gasteiger partial charge in [-0.05, 0) is 35.9 Å². The van der Waals surface area contributed by atoms with Crippen molar-refractivity contribution < 1.29 is 14.3 Å². The van der Waals surface area contributed by atoms with Crippen molar-refractivity contribution in [1.29, 1.82) is 0 Å². The van der Waals surface area contributed by atoms with Crippen molar-refractivity contribution in [1.82, 2.24) is 15.6 Å². The highest BCUT2D eigenvalue weighted by molar-refractivity contribution is 5.96. The quantitative estimate of drug-likeness (QED) is 0.678. The molecular formula is C21H19N3O3. The number of carbonyl (C=O) groups excluding carboxylic acids is 2. The van der Waals surface area contributed by atoms with Crippen molar-refractivity contribution >= 4 is 11.8 Å². The molecule has 2 N–H and O–H groups in total. The number of ether oxygens (including phenoxy) is 1. The van der Waals surface area contributed by atoms with Crippen LogP contribution in [0.4, 0.5) is 0 Å². The van der Waals surface area contributed by atoms with E-state index in [1.54, 1.807) is 36.5 Å². The topological polar surface area (TPSA) is 80.3 Å². The summed E-state index contributed by atoms with van der Waals surface area (Å²) in [5.74, 6) is 0.590. The molecule has 0 unspecified atom stereocenters. The minimum atomic E-state index is -0.281. The molecule has 0 aliphatic carbocycles. The smallest absolute Gasteiger partial charge is 0.251 e. The summed E-state index contributed by atoms with van der Waals surface area (Å²) in [4.78, 5) is 28.0. The Hall–Kier alpha value is -3.67. The molecule has 136 valence electrons. The van der Waals surface area contributed by atoms with Crippen LogP contribution in [0.2, 0.25) is 0 Å².